The average molecular weight is 353 g/mol. The molecule has 2 aromatic heterocycles. The van der Waals surface area contributed by atoms with Gasteiger partial charge < -0.3 is 14.8 Å². The molecule has 1 fully saturated rings. The van der Waals surface area contributed by atoms with E-state index in [9.17, 15) is 4.79 Å². The van der Waals surface area contributed by atoms with Gasteiger partial charge in [-0.05, 0) is 25.0 Å². The van der Waals surface area contributed by atoms with E-state index in [2.05, 4.69) is 25.4 Å². The summed E-state index contributed by atoms with van der Waals surface area (Å²) in [6.45, 7) is 0.516. The van der Waals surface area contributed by atoms with Gasteiger partial charge in [-0.25, -0.2) is 4.98 Å². The van der Waals surface area contributed by atoms with Crippen LogP contribution in [-0.2, 0) is 17.6 Å². The maximum Gasteiger partial charge on any atom is 0.229 e. The van der Waals surface area contributed by atoms with E-state index in [4.69, 9.17) is 4.52 Å². The van der Waals surface area contributed by atoms with Crippen molar-refractivity contribution in [3.05, 3.63) is 41.8 Å². The highest BCUT2D eigenvalue weighted by molar-refractivity contribution is 5.77. The van der Waals surface area contributed by atoms with Gasteiger partial charge in [-0.3, -0.25) is 4.79 Å². The number of carbonyl (C=O) groups is 1. The summed E-state index contributed by atoms with van der Waals surface area (Å²) in [6, 6.07) is 7.86. The number of amides is 1. The maximum absolute atomic E-state index is 12.0. The third kappa shape index (κ3) is 3.92. The van der Waals surface area contributed by atoms with Crippen LogP contribution in [0.3, 0.4) is 0 Å². The minimum absolute atomic E-state index is 0.00460. The summed E-state index contributed by atoms with van der Waals surface area (Å²) in [5.74, 6) is 2.69. The van der Waals surface area contributed by atoms with Crippen LogP contribution < -0.4 is 5.32 Å². The highest BCUT2D eigenvalue weighted by atomic mass is 16.5. The molecule has 3 aromatic rings. The number of hydrogen-bond acceptors (Lipinski definition) is 5. The topological polar surface area (TPSA) is 96.7 Å². The van der Waals surface area contributed by atoms with Crippen LogP contribution in [0.2, 0.25) is 0 Å². The fourth-order valence-corrected chi connectivity index (χ4v) is 3.47. The van der Waals surface area contributed by atoms with Crippen molar-refractivity contribution in [2.45, 2.75) is 50.9 Å². The SMILES string of the molecule is O=C(CCc1nc2ccccc2[nH]1)NCCc1noc(C2CCCC2)n1. The highest BCUT2D eigenvalue weighted by Gasteiger charge is 2.22. The zero-order chi connectivity index (χ0) is 17.8. The summed E-state index contributed by atoms with van der Waals surface area (Å²) in [6.07, 6.45) is 6.34. The van der Waals surface area contributed by atoms with Crippen molar-refractivity contribution in [2.75, 3.05) is 6.54 Å². The highest BCUT2D eigenvalue weighted by Crippen LogP contribution is 2.32. The van der Waals surface area contributed by atoms with Gasteiger partial charge in [0.2, 0.25) is 11.8 Å². The van der Waals surface area contributed by atoms with E-state index < -0.39 is 0 Å². The monoisotopic (exact) mass is 353 g/mol. The minimum atomic E-state index is 0.00460. The van der Waals surface area contributed by atoms with Crippen molar-refractivity contribution in [3.8, 4) is 0 Å². The standard InChI is InChI=1S/C19H23N5O2/c25-18(10-9-16-21-14-7-3-4-8-15(14)22-16)20-12-11-17-23-19(26-24-17)13-5-1-2-6-13/h3-4,7-8,13H,1-2,5-6,9-12H2,(H,20,25)(H,21,22). The predicted molar refractivity (Wildman–Crippen MR) is 96.6 cm³/mol. The molecule has 1 aliphatic carbocycles. The summed E-state index contributed by atoms with van der Waals surface area (Å²) in [5, 5.41) is 6.93. The molecule has 0 radical (unpaired) electrons. The molecule has 26 heavy (non-hydrogen) atoms. The minimum Gasteiger partial charge on any atom is -0.356 e. The van der Waals surface area contributed by atoms with E-state index in [1.807, 2.05) is 24.3 Å². The molecule has 7 heteroatoms. The molecule has 1 saturated carbocycles. The first-order valence-electron chi connectivity index (χ1n) is 9.31. The summed E-state index contributed by atoms with van der Waals surface area (Å²) in [7, 11) is 0. The van der Waals surface area contributed by atoms with E-state index in [1.54, 1.807) is 0 Å². The lowest BCUT2D eigenvalue weighted by Gasteiger charge is -2.02. The molecule has 136 valence electrons. The second-order valence-corrected chi connectivity index (χ2v) is 6.83. The van der Waals surface area contributed by atoms with Gasteiger partial charge in [0, 0.05) is 31.7 Å². The normalized spacial score (nSPS) is 14.9. The number of para-hydroxylation sites is 2. The number of imidazole rings is 1. The molecule has 0 atom stereocenters. The Hall–Kier alpha value is -2.70. The second-order valence-electron chi connectivity index (χ2n) is 6.83. The maximum atomic E-state index is 12.0. The molecule has 4 rings (SSSR count). The zero-order valence-electron chi connectivity index (χ0n) is 14.7. The molecule has 0 bridgehead atoms. The van der Waals surface area contributed by atoms with Crippen LogP contribution in [0.25, 0.3) is 11.0 Å². The Morgan fingerprint density at radius 3 is 2.88 bits per heavy atom. The predicted octanol–water partition coefficient (Wildman–Crippen LogP) is 2.90. The van der Waals surface area contributed by atoms with Gasteiger partial charge in [0.05, 0.1) is 11.0 Å². The number of benzene rings is 1. The Labute approximate surface area is 151 Å². The van der Waals surface area contributed by atoms with E-state index in [0.717, 1.165) is 35.6 Å². The lowest BCUT2D eigenvalue weighted by molar-refractivity contribution is -0.121. The third-order valence-corrected chi connectivity index (χ3v) is 4.89. The first kappa shape index (κ1) is 16.8. The van der Waals surface area contributed by atoms with Crippen LogP contribution >= 0.6 is 0 Å². The number of aryl methyl sites for hydroxylation is 1. The van der Waals surface area contributed by atoms with Gasteiger partial charge in [-0.1, -0.05) is 30.1 Å². The number of rotatable bonds is 7. The molecule has 2 N–H and O–H groups in total. The van der Waals surface area contributed by atoms with Gasteiger partial charge in [0.1, 0.15) is 5.82 Å². The quantitative estimate of drug-likeness (QED) is 0.681. The number of nitrogens with zero attached hydrogens (tertiary/aromatic N) is 3. The average Bonchev–Trinajstić information content (AvgIpc) is 3.38. The lowest BCUT2D eigenvalue weighted by atomic mass is 10.1. The Kier molecular flexibility index (Phi) is 4.95. The number of hydrogen-bond donors (Lipinski definition) is 2. The molecule has 0 spiro atoms. The molecule has 2 heterocycles. The molecule has 0 aliphatic heterocycles. The fraction of sp³-hybridized carbons (Fsp3) is 0.474. The van der Waals surface area contributed by atoms with Gasteiger partial charge in [0.25, 0.3) is 0 Å². The van der Waals surface area contributed by atoms with Crippen molar-refractivity contribution < 1.29 is 9.32 Å². The van der Waals surface area contributed by atoms with E-state index in [0.29, 0.717) is 37.5 Å². The number of aromatic amines is 1. The van der Waals surface area contributed by atoms with Crippen LogP contribution in [0.4, 0.5) is 0 Å². The second kappa shape index (κ2) is 7.68. The van der Waals surface area contributed by atoms with Crippen LogP contribution in [0, 0.1) is 0 Å². The Balaban J connectivity index is 1.20. The van der Waals surface area contributed by atoms with Crippen LogP contribution in [0.5, 0.6) is 0 Å². The van der Waals surface area contributed by atoms with Gasteiger partial charge in [-0.2, -0.15) is 4.98 Å². The van der Waals surface area contributed by atoms with Crippen LogP contribution in [0.1, 0.15) is 55.6 Å². The molecule has 7 nitrogen and oxygen atoms in total. The van der Waals surface area contributed by atoms with Crippen molar-refractivity contribution in [1.29, 1.82) is 0 Å². The van der Waals surface area contributed by atoms with Crippen molar-refractivity contribution in [1.82, 2.24) is 25.4 Å². The van der Waals surface area contributed by atoms with Crippen molar-refractivity contribution in [3.63, 3.8) is 0 Å². The van der Waals surface area contributed by atoms with Crippen molar-refractivity contribution >= 4 is 16.9 Å². The number of nitrogens with one attached hydrogen (secondary N) is 2. The van der Waals surface area contributed by atoms with E-state index in [-0.39, 0.29) is 5.91 Å². The Morgan fingerprint density at radius 2 is 2.04 bits per heavy atom. The molecule has 1 amide bonds. The Morgan fingerprint density at radius 1 is 1.19 bits per heavy atom. The largest absolute Gasteiger partial charge is 0.356 e. The number of fused-ring (bicyclic) bond motifs is 1. The smallest absolute Gasteiger partial charge is 0.229 e. The third-order valence-electron chi connectivity index (χ3n) is 4.89. The van der Waals surface area contributed by atoms with Gasteiger partial charge >= 0.3 is 0 Å². The molecule has 0 saturated heterocycles. The molecular weight excluding hydrogens is 330 g/mol. The summed E-state index contributed by atoms with van der Waals surface area (Å²) < 4.78 is 5.35. The van der Waals surface area contributed by atoms with Crippen LogP contribution in [-0.4, -0.2) is 32.6 Å². The van der Waals surface area contributed by atoms with Gasteiger partial charge in [-0.15, -0.1) is 0 Å². The van der Waals surface area contributed by atoms with Gasteiger partial charge in [0.15, 0.2) is 5.82 Å². The van der Waals surface area contributed by atoms with Crippen molar-refractivity contribution in [2.24, 2.45) is 0 Å². The molecular formula is C19H23N5O2. The molecule has 1 aliphatic rings. The number of aromatic nitrogens is 4. The zero-order valence-corrected chi connectivity index (χ0v) is 14.7. The lowest BCUT2D eigenvalue weighted by Crippen LogP contribution is -2.26. The van der Waals surface area contributed by atoms with E-state index in [1.165, 1.54) is 12.8 Å². The summed E-state index contributed by atoms with van der Waals surface area (Å²) in [5.41, 5.74) is 1.93. The molecule has 1 aromatic carbocycles. The number of H-pyrrole nitrogens is 1. The molecule has 0 unspecified atom stereocenters. The van der Waals surface area contributed by atoms with Crippen LogP contribution in [0.15, 0.2) is 28.8 Å². The first-order chi connectivity index (χ1) is 12.8. The van der Waals surface area contributed by atoms with E-state index >= 15 is 0 Å². The fourth-order valence-electron chi connectivity index (χ4n) is 3.47. The number of carbonyl (C=O) groups excluding carboxylic acids is 1. The summed E-state index contributed by atoms with van der Waals surface area (Å²) in [4.78, 5) is 24.2. The Bertz CT molecular complexity index is 846. The first-order valence-corrected chi connectivity index (χ1v) is 9.31. The summed E-state index contributed by atoms with van der Waals surface area (Å²) >= 11 is 0.